The monoisotopic (exact) mass is 301 g/mol. The summed E-state index contributed by atoms with van der Waals surface area (Å²) in [5.74, 6) is 0. The summed E-state index contributed by atoms with van der Waals surface area (Å²) >= 11 is 12.6. The molecule has 0 spiro atoms. The molecule has 0 saturated carbocycles. The molecule has 1 aliphatic heterocycles. The summed E-state index contributed by atoms with van der Waals surface area (Å²) < 4.78 is 0. The molecule has 1 unspecified atom stereocenters. The SMILES string of the molecule is CCCN(Cc1c(Cl)cc(C)nc1Cl)C1CCNC1. The summed E-state index contributed by atoms with van der Waals surface area (Å²) in [4.78, 5) is 6.78. The number of aryl methyl sites for hydroxylation is 1. The van der Waals surface area contributed by atoms with Crippen molar-refractivity contribution in [3.63, 3.8) is 0 Å². The van der Waals surface area contributed by atoms with Crippen molar-refractivity contribution >= 4 is 23.2 Å². The van der Waals surface area contributed by atoms with E-state index in [4.69, 9.17) is 23.2 Å². The van der Waals surface area contributed by atoms with E-state index in [1.165, 1.54) is 6.42 Å². The van der Waals surface area contributed by atoms with Gasteiger partial charge in [0.25, 0.3) is 0 Å². The fourth-order valence-electron chi connectivity index (χ4n) is 2.60. The summed E-state index contributed by atoms with van der Waals surface area (Å²) in [5, 5.41) is 4.68. The molecule has 1 aromatic heterocycles. The van der Waals surface area contributed by atoms with Crippen LogP contribution < -0.4 is 5.32 Å². The van der Waals surface area contributed by atoms with Crippen LogP contribution in [0.3, 0.4) is 0 Å². The maximum atomic E-state index is 6.32. The zero-order chi connectivity index (χ0) is 13.8. The van der Waals surface area contributed by atoms with Gasteiger partial charge in [-0.15, -0.1) is 0 Å². The molecule has 0 bridgehead atoms. The number of hydrogen-bond acceptors (Lipinski definition) is 3. The molecule has 106 valence electrons. The third-order valence-corrected chi connectivity index (χ3v) is 4.22. The molecule has 0 aromatic carbocycles. The molecular formula is C14H21Cl2N3. The van der Waals surface area contributed by atoms with E-state index >= 15 is 0 Å². The lowest BCUT2D eigenvalue weighted by atomic mass is 10.1. The van der Waals surface area contributed by atoms with Crippen molar-refractivity contribution < 1.29 is 0 Å². The average molecular weight is 302 g/mol. The van der Waals surface area contributed by atoms with Crippen molar-refractivity contribution in [2.45, 2.75) is 39.3 Å². The number of pyridine rings is 1. The van der Waals surface area contributed by atoms with Crippen LogP contribution in [-0.4, -0.2) is 35.6 Å². The lowest BCUT2D eigenvalue weighted by molar-refractivity contribution is 0.199. The molecular weight excluding hydrogens is 281 g/mol. The number of hydrogen-bond donors (Lipinski definition) is 1. The van der Waals surface area contributed by atoms with Crippen LogP contribution >= 0.6 is 23.2 Å². The van der Waals surface area contributed by atoms with Crippen molar-refractivity contribution in [2.75, 3.05) is 19.6 Å². The Hall–Kier alpha value is -0.350. The third-order valence-electron chi connectivity index (χ3n) is 3.57. The summed E-state index contributed by atoms with van der Waals surface area (Å²) in [5.41, 5.74) is 1.82. The van der Waals surface area contributed by atoms with Crippen LogP contribution in [0.25, 0.3) is 0 Å². The van der Waals surface area contributed by atoms with Crippen molar-refractivity contribution in [2.24, 2.45) is 0 Å². The van der Waals surface area contributed by atoms with E-state index in [9.17, 15) is 0 Å². The molecule has 0 radical (unpaired) electrons. The highest BCUT2D eigenvalue weighted by Crippen LogP contribution is 2.26. The van der Waals surface area contributed by atoms with Crippen LogP contribution in [0.5, 0.6) is 0 Å². The maximum Gasteiger partial charge on any atom is 0.135 e. The Morgan fingerprint density at radius 3 is 2.84 bits per heavy atom. The Morgan fingerprint density at radius 1 is 1.47 bits per heavy atom. The molecule has 3 nitrogen and oxygen atoms in total. The van der Waals surface area contributed by atoms with Crippen LogP contribution in [0.15, 0.2) is 6.07 Å². The van der Waals surface area contributed by atoms with Crippen LogP contribution in [0.2, 0.25) is 10.2 Å². The van der Waals surface area contributed by atoms with Gasteiger partial charge in [0, 0.05) is 35.4 Å². The van der Waals surface area contributed by atoms with E-state index in [2.05, 4.69) is 22.1 Å². The number of nitrogens with one attached hydrogen (secondary N) is 1. The van der Waals surface area contributed by atoms with Gasteiger partial charge in [-0.05, 0) is 38.9 Å². The number of aromatic nitrogens is 1. The number of nitrogens with zero attached hydrogens (tertiary/aromatic N) is 2. The first-order valence-corrected chi connectivity index (χ1v) is 7.63. The van der Waals surface area contributed by atoms with Crippen LogP contribution in [-0.2, 0) is 6.54 Å². The normalized spacial score (nSPS) is 19.3. The quantitative estimate of drug-likeness (QED) is 0.846. The predicted octanol–water partition coefficient (Wildman–Crippen LogP) is 3.27. The molecule has 1 N–H and O–H groups in total. The fraction of sp³-hybridized carbons (Fsp3) is 0.643. The second-order valence-corrected chi connectivity index (χ2v) is 5.90. The molecule has 0 amide bonds. The van der Waals surface area contributed by atoms with Crippen molar-refractivity contribution in [3.05, 3.63) is 27.5 Å². The van der Waals surface area contributed by atoms with Crippen LogP contribution in [0, 0.1) is 6.92 Å². The first-order chi connectivity index (χ1) is 9.11. The summed E-state index contributed by atoms with van der Waals surface area (Å²) in [6, 6.07) is 2.47. The number of rotatable bonds is 5. The topological polar surface area (TPSA) is 28.2 Å². The smallest absolute Gasteiger partial charge is 0.135 e. The van der Waals surface area contributed by atoms with Crippen molar-refractivity contribution in [1.29, 1.82) is 0 Å². The maximum absolute atomic E-state index is 6.32. The van der Waals surface area contributed by atoms with Gasteiger partial charge in [0.05, 0.1) is 0 Å². The van der Waals surface area contributed by atoms with Gasteiger partial charge in [-0.1, -0.05) is 30.1 Å². The fourth-order valence-corrected chi connectivity index (χ4v) is 3.25. The van der Waals surface area contributed by atoms with E-state index in [0.717, 1.165) is 48.9 Å². The highest BCUT2D eigenvalue weighted by atomic mass is 35.5. The summed E-state index contributed by atoms with van der Waals surface area (Å²) in [7, 11) is 0. The largest absolute Gasteiger partial charge is 0.315 e. The minimum Gasteiger partial charge on any atom is -0.315 e. The van der Waals surface area contributed by atoms with Gasteiger partial charge in [0.15, 0.2) is 0 Å². The molecule has 1 saturated heterocycles. The molecule has 5 heteroatoms. The van der Waals surface area contributed by atoms with Crippen LogP contribution in [0.1, 0.15) is 31.0 Å². The van der Waals surface area contributed by atoms with Crippen LogP contribution in [0.4, 0.5) is 0 Å². The van der Waals surface area contributed by atoms with Crippen molar-refractivity contribution in [3.8, 4) is 0 Å². The number of halogens is 2. The summed E-state index contributed by atoms with van der Waals surface area (Å²) in [6.45, 7) is 8.10. The molecule has 19 heavy (non-hydrogen) atoms. The predicted molar refractivity (Wildman–Crippen MR) is 81.0 cm³/mol. The first kappa shape index (κ1) is 15.0. The van der Waals surface area contributed by atoms with Gasteiger partial charge in [0.2, 0.25) is 0 Å². The van der Waals surface area contributed by atoms with Gasteiger partial charge < -0.3 is 5.32 Å². The minimum atomic E-state index is 0.539. The van der Waals surface area contributed by atoms with E-state index in [-0.39, 0.29) is 0 Å². The molecule has 1 aromatic rings. The highest BCUT2D eigenvalue weighted by molar-refractivity contribution is 6.35. The zero-order valence-electron chi connectivity index (χ0n) is 11.5. The molecule has 0 aliphatic carbocycles. The molecule has 1 fully saturated rings. The second kappa shape index (κ2) is 6.89. The van der Waals surface area contributed by atoms with Gasteiger partial charge in [-0.25, -0.2) is 4.98 Å². The molecule has 2 heterocycles. The summed E-state index contributed by atoms with van der Waals surface area (Å²) in [6.07, 6.45) is 2.32. The Labute approximate surface area is 125 Å². The standard InChI is InChI=1S/C14H21Cl2N3/c1-3-6-19(11-4-5-17-8-11)9-12-13(15)7-10(2)18-14(12)16/h7,11,17H,3-6,8-9H2,1-2H3. The first-order valence-electron chi connectivity index (χ1n) is 6.88. The minimum absolute atomic E-state index is 0.539. The lowest BCUT2D eigenvalue weighted by Gasteiger charge is -2.28. The van der Waals surface area contributed by atoms with Gasteiger partial charge in [-0.3, -0.25) is 4.90 Å². The molecule has 1 atom stereocenters. The Bertz CT molecular complexity index is 408. The van der Waals surface area contributed by atoms with Gasteiger partial charge in [0.1, 0.15) is 5.15 Å². The Balaban J connectivity index is 2.16. The average Bonchev–Trinajstić information content (AvgIpc) is 2.85. The van der Waals surface area contributed by atoms with E-state index in [1.807, 2.05) is 13.0 Å². The van der Waals surface area contributed by atoms with Gasteiger partial charge >= 0.3 is 0 Å². The Kier molecular flexibility index (Phi) is 5.46. The highest BCUT2D eigenvalue weighted by Gasteiger charge is 2.23. The van der Waals surface area contributed by atoms with E-state index < -0.39 is 0 Å². The van der Waals surface area contributed by atoms with E-state index in [0.29, 0.717) is 11.2 Å². The molecule has 2 rings (SSSR count). The zero-order valence-corrected chi connectivity index (χ0v) is 13.1. The van der Waals surface area contributed by atoms with Crippen molar-refractivity contribution in [1.82, 2.24) is 15.2 Å². The second-order valence-electron chi connectivity index (χ2n) is 5.13. The van der Waals surface area contributed by atoms with Gasteiger partial charge in [-0.2, -0.15) is 0 Å². The van der Waals surface area contributed by atoms with E-state index in [1.54, 1.807) is 0 Å². The Morgan fingerprint density at radius 2 is 2.26 bits per heavy atom. The molecule has 1 aliphatic rings. The third kappa shape index (κ3) is 3.82. The lowest BCUT2D eigenvalue weighted by Crippen LogP contribution is -2.37.